The second-order valence-corrected chi connectivity index (χ2v) is 4.34. The molecule has 0 radical (unpaired) electrons. The molecule has 0 aliphatic carbocycles. The van der Waals surface area contributed by atoms with Crippen molar-refractivity contribution in [3.05, 3.63) is 41.5 Å². The predicted octanol–water partition coefficient (Wildman–Crippen LogP) is 2.98. The number of rotatable bonds is 4. The van der Waals surface area contributed by atoms with Crippen LogP contribution < -0.4 is 0 Å². The van der Waals surface area contributed by atoms with Crippen LogP contribution in [0, 0.1) is 13.8 Å². The second-order valence-electron chi connectivity index (χ2n) is 4.34. The first-order chi connectivity index (χ1) is 8.58. The van der Waals surface area contributed by atoms with Gasteiger partial charge in [0, 0.05) is 12.0 Å². The fraction of sp³-hybridized carbons (Fsp3) is 0.286. The van der Waals surface area contributed by atoms with Crippen molar-refractivity contribution in [2.75, 3.05) is 0 Å². The fourth-order valence-electron chi connectivity index (χ4n) is 1.97. The first kappa shape index (κ1) is 12.4. The number of hydrogen-bond acceptors (Lipinski definition) is 3. The van der Waals surface area contributed by atoms with E-state index < -0.39 is 5.97 Å². The van der Waals surface area contributed by atoms with Crippen molar-refractivity contribution in [1.82, 2.24) is 4.98 Å². The van der Waals surface area contributed by atoms with Crippen LogP contribution in [0.25, 0.3) is 11.3 Å². The highest BCUT2D eigenvalue weighted by Crippen LogP contribution is 2.27. The molecule has 0 saturated heterocycles. The highest BCUT2D eigenvalue weighted by molar-refractivity contribution is 5.69. The Morgan fingerprint density at radius 2 is 2.17 bits per heavy atom. The van der Waals surface area contributed by atoms with E-state index in [-0.39, 0.29) is 6.42 Å². The number of aliphatic carboxylic acids is 1. The molecule has 1 N–H and O–H groups in total. The molecule has 0 saturated carbocycles. The molecule has 1 aromatic heterocycles. The number of aromatic nitrogens is 1. The van der Waals surface area contributed by atoms with Crippen LogP contribution in [0.3, 0.4) is 0 Å². The van der Waals surface area contributed by atoms with Crippen molar-refractivity contribution < 1.29 is 14.3 Å². The number of oxazole rings is 1. The summed E-state index contributed by atoms with van der Waals surface area (Å²) in [4.78, 5) is 14.8. The fourth-order valence-corrected chi connectivity index (χ4v) is 1.97. The van der Waals surface area contributed by atoms with Crippen molar-refractivity contribution in [2.24, 2.45) is 0 Å². The van der Waals surface area contributed by atoms with E-state index >= 15 is 0 Å². The van der Waals surface area contributed by atoms with E-state index in [0.717, 1.165) is 16.8 Å². The van der Waals surface area contributed by atoms with E-state index in [1.165, 1.54) is 12.0 Å². The van der Waals surface area contributed by atoms with Crippen molar-refractivity contribution >= 4 is 5.97 Å². The molecule has 2 aromatic rings. The number of carboxylic acid groups (broad SMARTS) is 1. The Kier molecular flexibility index (Phi) is 3.46. The Morgan fingerprint density at radius 1 is 1.39 bits per heavy atom. The zero-order chi connectivity index (χ0) is 13.1. The maximum atomic E-state index is 10.6. The summed E-state index contributed by atoms with van der Waals surface area (Å²) < 4.78 is 5.28. The Labute approximate surface area is 105 Å². The largest absolute Gasteiger partial charge is 0.481 e. The molecule has 0 aliphatic rings. The number of carboxylic acids is 1. The molecule has 0 aliphatic heterocycles. The van der Waals surface area contributed by atoms with Crippen LogP contribution in [-0.2, 0) is 11.2 Å². The van der Waals surface area contributed by atoms with Gasteiger partial charge >= 0.3 is 5.97 Å². The number of carbonyl (C=O) groups is 1. The normalized spacial score (nSPS) is 10.6. The van der Waals surface area contributed by atoms with Crippen LogP contribution in [0.2, 0.25) is 0 Å². The van der Waals surface area contributed by atoms with Crippen LogP contribution in [0.1, 0.15) is 23.3 Å². The van der Waals surface area contributed by atoms with Crippen LogP contribution in [0.4, 0.5) is 0 Å². The zero-order valence-corrected chi connectivity index (χ0v) is 10.4. The van der Waals surface area contributed by atoms with E-state index in [1.54, 1.807) is 0 Å². The van der Waals surface area contributed by atoms with E-state index in [1.807, 2.05) is 26.0 Å². The highest BCUT2D eigenvalue weighted by Gasteiger charge is 2.13. The first-order valence-corrected chi connectivity index (χ1v) is 5.79. The van der Waals surface area contributed by atoms with Gasteiger partial charge < -0.3 is 9.52 Å². The summed E-state index contributed by atoms with van der Waals surface area (Å²) in [5.74, 6) is -0.206. The number of benzene rings is 1. The molecule has 0 amide bonds. The van der Waals surface area contributed by atoms with Crippen LogP contribution >= 0.6 is 0 Å². The Bertz CT molecular complexity index is 572. The summed E-state index contributed by atoms with van der Waals surface area (Å²) in [6.07, 6.45) is 1.77. The van der Waals surface area contributed by atoms with E-state index in [0.29, 0.717) is 12.2 Å². The van der Waals surface area contributed by atoms with Gasteiger partial charge in [0.1, 0.15) is 11.5 Å². The summed E-state index contributed by atoms with van der Waals surface area (Å²) in [5, 5.41) is 8.70. The molecule has 0 fully saturated rings. The SMILES string of the molecule is Cc1ccc(-c2ncoc2CCC(=O)O)c(C)c1. The lowest BCUT2D eigenvalue weighted by molar-refractivity contribution is -0.137. The minimum atomic E-state index is -0.835. The highest BCUT2D eigenvalue weighted by atomic mass is 16.4. The lowest BCUT2D eigenvalue weighted by Crippen LogP contribution is -1.98. The lowest BCUT2D eigenvalue weighted by atomic mass is 10.0. The molecule has 1 aromatic carbocycles. The lowest BCUT2D eigenvalue weighted by Gasteiger charge is -2.05. The summed E-state index contributed by atoms with van der Waals surface area (Å²) in [6, 6.07) is 6.08. The molecule has 94 valence electrons. The number of nitrogens with zero attached hydrogens (tertiary/aromatic N) is 1. The monoisotopic (exact) mass is 245 g/mol. The van der Waals surface area contributed by atoms with Gasteiger partial charge in [0.15, 0.2) is 6.39 Å². The first-order valence-electron chi connectivity index (χ1n) is 5.79. The third-order valence-electron chi connectivity index (χ3n) is 2.84. The van der Waals surface area contributed by atoms with Crippen LogP contribution in [-0.4, -0.2) is 16.1 Å². The molecular weight excluding hydrogens is 230 g/mol. The maximum Gasteiger partial charge on any atom is 0.303 e. The average Bonchev–Trinajstić information content (AvgIpc) is 2.74. The summed E-state index contributed by atoms with van der Waals surface area (Å²) in [7, 11) is 0. The zero-order valence-electron chi connectivity index (χ0n) is 10.4. The number of aryl methyl sites for hydroxylation is 3. The number of hydrogen-bond donors (Lipinski definition) is 1. The third kappa shape index (κ3) is 2.59. The molecule has 0 atom stereocenters. The van der Waals surface area contributed by atoms with Crippen molar-refractivity contribution in [3.8, 4) is 11.3 Å². The Balaban J connectivity index is 2.33. The van der Waals surface area contributed by atoms with Gasteiger partial charge in [-0.1, -0.05) is 23.8 Å². The molecule has 18 heavy (non-hydrogen) atoms. The standard InChI is InChI=1S/C14H15NO3/c1-9-3-4-11(10(2)7-9)14-12(18-8-15-14)5-6-13(16)17/h3-4,7-8H,5-6H2,1-2H3,(H,16,17). The van der Waals surface area contributed by atoms with Gasteiger partial charge in [-0.25, -0.2) is 4.98 Å². The van der Waals surface area contributed by atoms with E-state index in [4.69, 9.17) is 9.52 Å². The van der Waals surface area contributed by atoms with Crippen molar-refractivity contribution in [1.29, 1.82) is 0 Å². The van der Waals surface area contributed by atoms with Crippen molar-refractivity contribution in [2.45, 2.75) is 26.7 Å². The van der Waals surface area contributed by atoms with Gasteiger partial charge in [-0.05, 0) is 19.4 Å². The van der Waals surface area contributed by atoms with E-state index in [9.17, 15) is 4.79 Å². The van der Waals surface area contributed by atoms with E-state index in [2.05, 4.69) is 11.1 Å². The summed E-state index contributed by atoms with van der Waals surface area (Å²) in [5.41, 5.74) is 4.04. The quantitative estimate of drug-likeness (QED) is 0.899. The molecule has 0 bridgehead atoms. The molecule has 4 heteroatoms. The summed E-state index contributed by atoms with van der Waals surface area (Å²) in [6.45, 7) is 4.04. The van der Waals surface area contributed by atoms with Gasteiger partial charge in [-0.15, -0.1) is 0 Å². The summed E-state index contributed by atoms with van der Waals surface area (Å²) >= 11 is 0. The molecule has 2 rings (SSSR count). The molecule has 0 spiro atoms. The average molecular weight is 245 g/mol. The minimum Gasteiger partial charge on any atom is -0.481 e. The Hall–Kier alpha value is -2.10. The second kappa shape index (κ2) is 5.04. The van der Waals surface area contributed by atoms with Gasteiger partial charge in [-0.2, -0.15) is 0 Å². The molecule has 1 heterocycles. The molecule has 4 nitrogen and oxygen atoms in total. The molecular formula is C14H15NO3. The maximum absolute atomic E-state index is 10.6. The van der Waals surface area contributed by atoms with Crippen molar-refractivity contribution in [3.63, 3.8) is 0 Å². The van der Waals surface area contributed by atoms with Crippen LogP contribution in [0.15, 0.2) is 29.0 Å². The molecule has 0 unspecified atom stereocenters. The van der Waals surface area contributed by atoms with Crippen LogP contribution in [0.5, 0.6) is 0 Å². The third-order valence-corrected chi connectivity index (χ3v) is 2.84. The van der Waals surface area contributed by atoms with Gasteiger partial charge in [0.25, 0.3) is 0 Å². The predicted molar refractivity (Wildman–Crippen MR) is 67.4 cm³/mol. The topological polar surface area (TPSA) is 63.3 Å². The van der Waals surface area contributed by atoms with Gasteiger partial charge in [0.05, 0.1) is 6.42 Å². The van der Waals surface area contributed by atoms with Gasteiger partial charge in [-0.3, -0.25) is 4.79 Å². The minimum absolute atomic E-state index is 0.0487. The van der Waals surface area contributed by atoms with Gasteiger partial charge in [0.2, 0.25) is 0 Å². The smallest absolute Gasteiger partial charge is 0.303 e. The Morgan fingerprint density at radius 3 is 2.83 bits per heavy atom.